The minimum atomic E-state index is 0.112. The van der Waals surface area contributed by atoms with Crippen molar-refractivity contribution in [3.63, 3.8) is 0 Å². The maximum Gasteiger partial charge on any atom is 0.0741 e. The monoisotopic (exact) mass is 213 g/mol. The Kier molecular flexibility index (Phi) is 3.29. The van der Waals surface area contributed by atoms with E-state index >= 15 is 0 Å². The highest BCUT2D eigenvalue weighted by Gasteiger charge is 2.26. The molecular weight excluding hydrogens is 194 g/mol. The number of rotatable bonds is 2. The molecule has 1 aromatic carbocycles. The molecule has 2 rings (SSSR count). The molecule has 1 aromatic rings. The second kappa shape index (κ2) is 4.70. The summed E-state index contributed by atoms with van der Waals surface area (Å²) in [6, 6.07) is 9.05. The van der Waals surface area contributed by atoms with Crippen LogP contribution in [-0.4, -0.2) is 0 Å². The fourth-order valence-corrected chi connectivity index (χ4v) is 2.93. The van der Waals surface area contributed by atoms with Crippen molar-refractivity contribution in [3.05, 3.63) is 34.9 Å². The van der Waals surface area contributed by atoms with Crippen molar-refractivity contribution in [2.24, 2.45) is 5.92 Å². The third kappa shape index (κ3) is 2.27. The van der Waals surface area contributed by atoms with Gasteiger partial charge in [0.25, 0.3) is 0 Å². The minimum Gasteiger partial charge on any atom is -0.198 e. The number of aryl methyl sites for hydroxylation is 2. The van der Waals surface area contributed by atoms with E-state index in [1.165, 1.54) is 42.4 Å². The van der Waals surface area contributed by atoms with Gasteiger partial charge in [-0.3, -0.25) is 0 Å². The van der Waals surface area contributed by atoms with Crippen LogP contribution < -0.4 is 0 Å². The van der Waals surface area contributed by atoms with Crippen molar-refractivity contribution in [2.45, 2.75) is 45.4 Å². The van der Waals surface area contributed by atoms with Gasteiger partial charge in [0, 0.05) is 0 Å². The first-order valence-electron chi connectivity index (χ1n) is 6.18. The van der Waals surface area contributed by atoms with Crippen LogP contribution >= 0.6 is 0 Å². The Labute approximate surface area is 98.1 Å². The molecule has 0 heterocycles. The van der Waals surface area contributed by atoms with E-state index in [1.54, 1.807) is 0 Å². The number of nitrogens with zero attached hydrogens (tertiary/aromatic N) is 1. The Bertz CT molecular complexity index is 388. The molecule has 0 aromatic heterocycles. The van der Waals surface area contributed by atoms with Crippen molar-refractivity contribution < 1.29 is 0 Å². The highest BCUT2D eigenvalue weighted by atomic mass is 14.3. The molecule has 1 nitrogen and oxygen atoms in total. The lowest BCUT2D eigenvalue weighted by atomic mass is 9.85. The first-order chi connectivity index (χ1) is 7.70. The van der Waals surface area contributed by atoms with Crippen molar-refractivity contribution in [1.29, 1.82) is 5.26 Å². The van der Waals surface area contributed by atoms with Crippen molar-refractivity contribution in [3.8, 4) is 6.07 Å². The SMILES string of the molecule is Cc1cc(C)cc(C(C#N)C2CCCC2)c1. The van der Waals surface area contributed by atoms with Crippen LogP contribution in [0.25, 0.3) is 0 Å². The summed E-state index contributed by atoms with van der Waals surface area (Å²) in [6.07, 6.45) is 5.05. The molecule has 1 saturated carbocycles. The van der Waals surface area contributed by atoms with Gasteiger partial charge >= 0.3 is 0 Å². The predicted octanol–water partition coefficient (Wildman–Crippen LogP) is 4.10. The van der Waals surface area contributed by atoms with Gasteiger partial charge < -0.3 is 0 Å². The Balaban J connectivity index is 2.29. The third-order valence-electron chi connectivity index (χ3n) is 3.61. The highest BCUT2D eigenvalue weighted by Crippen LogP contribution is 2.37. The second-order valence-electron chi connectivity index (χ2n) is 5.07. The number of hydrogen-bond acceptors (Lipinski definition) is 1. The third-order valence-corrected chi connectivity index (χ3v) is 3.61. The second-order valence-corrected chi connectivity index (χ2v) is 5.07. The summed E-state index contributed by atoms with van der Waals surface area (Å²) >= 11 is 0. The van der Waals surface area contributed by atoms with Gasteiger partial charge in [-0.2, -0.15) is 5.26 Å². The molecule has 0 amide bonds. The average molecular weight is 213 g/mol. The van der Waals surface area contributed by atoms with Crippen LogP contribution in [0, 0.1) is 31.1 Å². The zero-order valence-electron chi connectivity index (χ0n) is 10.2. The molecule has 1 heteroatoms. The average Bonchev–Trinajstić information content (AvgIpc) is 2.70. The van der Waals surface area contributed by atoms with Gasteiger partial charge in [0.05, 0.1) is 12.0 Å². The molecule has 1 atom stereocenters. The van der Waals surface area contributed by atoms with Crippen LogP contribution in [0.2, 0.25) is 0 Å². The van der Waals surface area contributed by atoms with Gasteiger partial charge in [0.2, 0.25) is 0 Å². The Morgan fingerprint density at radius 3 is 2.19 bits per heavy atom. The molecule has 0 saturated heterocycles. The molecule has 84 valence electrons. The quantitative estimate of drug-likeness (QED) is 0.725. The van der Waals surface area contributed by atoms with Crippen LogP contribution in [0.5, 0.6) is 0 Å². The Morgan fingerprint density at radius 1 is 1.12 bits per heavy atom. The van der Waals surface area contributed by atoms with E-state index in [4.69, 9.17) is 0 Å². The molecule has 1 aliphatic rings. The van der Waals surface area contributed by atoms with Crippen LogP contribution in [0.1, 0.15) is 48.3 Å². The van der Waals surface area contributed by atoms with E-state index in [0.717, 1.165) is 0 Å². The molecule has 1 aliphatic carbocycles. The maximum atomic E-state index is 9.37. The molecule has 0 bridgehead atoms. The van der Waals surface area contributed by atoms with Gasteiger partial charge in [-0.25, -0.2) is 0 Å². The number of nitriles is 1. The van der Waals surface area contributed by atoms with E-state index < -0.39 is 0 Å². The number of hydrogen-bond donors (Lipinski definition) is 0. The van der Waals surface area contributed by atoms with Crippen molar-refractivity contribution in [1.82, 2.24) is 0 Å². The van der Waals surface area contributed by atoms with Crippen molar-refractivity contribution in [2.75, 3.05) is 0 Å². The number of benzene rings is 1. The molecule has 0 spiro atoms. The van der Waals surface area contributed by atoms with E-state index in [2.05, 4.69) is 38.1 Å². The normalized spacial score (nSPS) is 18.3. The molecule has 0 radical (unpaired) electrons. The molecule has 1 unspecified atom stereocenters. The van der Waals surface area contributed by atoms with Gasteiger partial charge in [0.15, 0.2) is 0 Å². The maximum absolute atomic E-state index is 9.37. The lowest BCUT2D eigenvalue weighted by molar-refractivity contribution is 0.501. The van der Waals surface area contributed by atoms with E-state index in [0.29, 0.717) is 5.92 Å². The summed E-state index contributed by atoms with van der Waals surface area (Å²) in [4.78, 5) is 0. The smallest absolute Gasteiger partial charge is 0.0741 e. The zero-order chi connectivity index (χ0) is 11.5. The summed E-state index contributed by atoms with van der Waals surface area (Å²) in [7, 11) is 0. The Hall–Kier alpha value is -1.29. The molecule has 16 heavy (non-hydrogen) atoms. The van der Waals surface area contributed by atoms with Gasteiger partial charge in [-0.1, -0.05) is 42.2 Å². The summed E-state index contributed by atoms with van der Waals surface area (Å²) in [5.74, 6) is 0.701. The largest absolute Gasteiger partial charge is 0.198 e. The molecular formula is C15H19N. The van der Waals surface area contributed by atoms with Crippen LogP contribution in [-0.2, 0) is 0 Å². The lowest BCUT2D eigenvalue weighted by Gasteiger charge is -2.17. The first-order valence-corrected chi connectivity index (χ1v) is 6.18. The summed E-state index contributed by atoms with van der Waals surface area (Å²) in [6.45, 7) is 4.22. The van der Waals surface area contributed by atoms with Crippen LogP contribution in [0.3, 0.4) is 0 Å². The van der Waals surface area contributed by atoms with Gasteiger partial charge in [-0.05, 0) is 38.2 Å². The molecule has 0 N–H and O–H groups in total. The van der Waals surface area contributed by atoms with Crippen LogP contribution in [0.15, 0.2) is 18.2 Å². The zero-order valence-corrected chi connectivity index (χ0v) is 10.2. The lowest BCUT2D eigenvalue weighted by Crippen LogP contribution is -2.08. The summed E-state index contributed by atoms with van der Waals surface area (Å²) in [5, 5.41) is 9.37. The summed E-state index contributed by atoms with van der Waals surface area (Å²) in [5.41, 5.74) is 3.77. The minimum absolute atomic E-state index is 0.112. The van der Waals surface area contributed by atoms with Crippen molar-refractivity contribution >= 4 is 0 Å². The Morgan fingerprint density at radius 2 is 1.69 bits per heavy atom. The highest BCUT2D eigenvalue weighted by molar-refractivity contribution is 5.34. The fraction of sp³-hybridized carbons (Fsp3) is 0.533. The fourth-order valence-electron chi connectivity index (χ4n) is 2.93. The van der Waals surface area contributed by atoms with Gasteiger partial charge in [0.1, 0.15) is 0 Å². The predicted molar refractivity (Wildman–Crippen MR) is 66.2 cm³/mol. The van der Waals surface area contributed by atoms with Crippen LogP contribution in [0.4, 0.5) is 0 Å². The topological polar surface area (TPSA) is 23.8 Å². The summed E-state index contributed by atoms with van der Waals surface area (Å²) < 4.78 is 0. The van der Waals surface area contributed by atoms with E-state index in [1.807, 2.05) is 0 Å². The molecule has 0 aliphatic heterocycles. The van der Waals surface area contributed by atoms with E-state index in [9.17, 15) is 5.26 Å². The molecule has 1 fully saturated rings. The first kappa shape index (κ1) is 11.2. The standard InChI is InChI=1S/C15H19N/c1-11-7-12(2)9-14(8-11)15(10-16)13-5-3-4-6-13/h7-9,13,15H,3-6H2,1-2H3. The van der Waals surface area contributed by atoms with Gasteiger partial charge in [-0.15, -0.1) is 0 Å². The van der Waals surface area contributed by atoms with E-state index in [-0.39, 0.29) is 5.92 Å².